The van der Waals surface area contributed by atoms with Gasteiger partial charge in [0.05, 0.1) is 12.1 Å². The largest absolute Gasteiger partial charge is 0.493 e. The van der Waals surface area contributed by atoms with E-state index in [1.165, 1.54) is 6.07 Å². The van der Waals surface area contributed by atoms with Crippen LogP contribution in [0.3, 0.4) is 0 Å². The Labute approximate surface area is 157 Å². The normalized spacial score (nSPS) is 10.4. The van der Waals surface area contributed by atoms with E-state index in [0.717, 1.165) is 11.3 Å². The highest BCUT2D eigenvalue weighted by molar-refractivity contribution is 6.31. The predicted molar refractivity (Wildman–Crippen MR) is 103 cm³/mol. The molecule has 0 aliphatic carbocycles. The number of anilines is 1. The zero-order chi connectivity index (χ0) is 18.4. The van der Waals surface area contributed by atoms with Crippen LogP contribution in [0.25, 0.3) is 0 Å². The molecule has 0 radical (unpaired) electrons. The second-order valence-corrected chi connectivity index (χ2v) is 6.10. The van der Waals surface area contributed by atoms with Crippen molar-refractivity contribution in [3.8, 4) is 11.5 Å². The Morgan fingerprint density at radius 3 is 2.50 bits per heavy atom. The number of hydrogen-bond acceptors (Lipinski definition) is 3. The summed E-state index contributed by atoms with van der Waals surface area (Å²) in [6, 6.07) is 20.2. The van der Waals surface area contributed by atoms with E-state index in [9.17, 15) is 4.39 Å². The van der Waals surface area contributed by atoms with E-state index >= 15 is 0 Å². The van der Waals surface area contributed by atoms with Gasteiger partial charge in [-0.05, 0) is 42.0 Å². The van der Waals surface area contributed by atoms with Gasteiger partial charge in [0.1, 0.15) is 12.4 Å². The van der Waals surface area contributed by atoms with Crippen molar-refractivity contribution in [2.45, 2.75) is 13.2 Å². The monoisotopic (exact) mass is 371 g/mol. The van der Waals surface area contributed by atoms with Crippen molar-refractivity contribution in [3.05, 3.63) is 88.7 Å². The smallest absolute Gasteiger partial charge is 0.161 e. The molecule has 0 aliphatic heterocycles. The molecule has 0 unspecified atom stereocenters. The fourth-order valence-corrected chi connectivity index (χ4v) is 2.74. The third-order valence-corrected chi connectivity index (χ3v) is 4.29. The third-order valence-electron chi connectivity index (χ3n) is 3.93. The average Bonchev–Trinajstić information content (AvgIpc) is 2.67. The molecule has 0 saturated heterocycles. The van der Waals surface area contributed by atoms with E-state index in [4.69, 9.17) is 21.1 Å². The van der Waals surface area contributed by atoms with E-state index in [0.29, 0.717) is 28.6 Å². The highest BCUT2D eigenvalue weighted by Gasteiger charge is 2.11. The van der Waals surface area contributed by atoms with Gasteiger partial charge >= 0.3 is 0 Å². The minimum atomic E-state index is -0.389. The standard InChI is InChI=1S/C21H19ClFNO2/c1-25-21-12-15(13-24-16-6-3-2-4-7-16)10-11-20(21)26-14-17-18(22)8-5-9-19(17)23/h2-12,24H,13-14H2,1H3. The van der Waals surface area contributed by atoms with Crippen LogP contribution in [0.2, 0.25) is 5.02 Å². The summed E-state index contributed by atoms with van der Waals surface area (Å²) in [5, 5.41) is 3.68. The van der Waals surface area contributed by atoms with Crippen LogP contribution in [0.4, 0.5) is 10.1 Å². The van der Waals surface area contributed by atoms with Crippen molar-refractivity contribution < 1.29 is 13.9 Å². The van der Waals surface area contributed by atoms with Gasteiger partial charge in [-0.15, -0.1) is 0 Å². The first-order chi connectivity index (χ1) is 12.7. The molecule has 3 nitrogen and oxygen atoms in total. The molecule has 3 aromatic carbocycles. The lowest BCUT2D eigenvalue weighted by atomic mass is 10.2. The summed E-state index contributed by atoms with van der Waals surface area (Å²) < 4.78 is 25.0. The van der Waals surface area contributed by atoms with Gasteiger partial charge in [-0.1, -0.05) is 41.9 Å². The van der Waals surface area contributed by atoms with Crippen LogP contribution in [-0.4, -0.2) is 7.11 Å². The Hall–Kier alpha value is -2.72. The molecule has 0 saturated carbocycles. The van der Waals surface area contributed by atoms with Gasteiger partial charge < -0.3 is 14.8 Å². The zero-order valence-electron chi connectivity index (χ0n) is 14.3. The van der Waals surface area contributed by atoms with Crippen LogP contribution in [0, 0.1) is 5.82 Å². The summed E-state index contributed by atoms with van der Waals surface area (Å²) in [4.78, 5) is 0. The fraction of sp³-hybridized carbons (Fsp3) is 0.143. The van der Waals surface area contributed by atoms with Crippen molar-refractivity contribution in [2.24, 2.45) is 0 Å². The molecule has 0 fully saturated rings. The highest BCUT2D eigenvalue weighted by Crippen LogP contribution is 2.30. The van der Waals surface area contributed by atoms with Gasteiger partial charge in [0, 0.05) is 17.8 Å². The first-order valence-electron chi connectivity index (χ1n) is 8.19. The van der Waals surface area contributed by atoms with Crippen molar-refractivity contribution >= 4 is 17.3 Å². The lowest BCUT2D eigenvalue weighted by Gasteiger charge is -2.14. The Morgan fingerprint density at radius 1 is 0.962 bits per heavy atom. The molecule has 0 bridgehead atoms. The SMILES string of the molecule is COc1cc(CNc2ccccc2)ccc1OCc1c(F)cccc1Cl. The van der Waals surface area contributed by atoms with E-state index in [2.05, 4.69) is 5.32 Å². The van der Waals surface area contributed by atoms with Gasteiger partial charge in [-0.3, -0.25) is 0 Å². The Balaban J connectivity index is 1.68. The lowest BCUT2D eigenvalue weighted by molar-refractivity contribution is 0.279. The average molecular weight is 372 g/mol. The van der Waals surface area contributed by atoms with Crippen LogP contribution >= 0.6 is 11.6 Å². The molecular formula is C21H19ClFNO2. The van der Waals surface area contributed by atoms with Gasteiger partial charge in [0.15, 0.2) is 11.5 Å². The Kier molecular flexibility index (Phi) is 5.97. The van der Waals surface area contributed by atoms with Crippen molar-refractivity contribution in [1.82, 2.24) is 0 Å². The van der Waals surface area contributed by atoms with Gasteiger partial charge in [0.25, 0.3) is 0 Å². The summed E-state index contributed by atoms with van der Waals surface area (Å²) in [7, 11) is 1.58. The molecule has 1 N–H and O–H groups in total. The molecule has 5 heteroatoms. The molecule has 0 aliphatic rings. The molecule has 0 heterocycles. The van der Waals surface area contributed by atoms with Crippen LogP contribution in [0.5, 0.6) is 11.5 Å². The van der Waals surface area contributed by atoms with Gasteiger partial charge in [-0.2, -0.15) is 0 Å². The maximum absolute atomic E-state index is 13.9. The molecule has 3 rings (SSSR count). The summed E-state index contributed by atoms with van der Waals surface area (Å²) >= 11 is 6.03. The van der Waals surface area contributed by atoms with Crippen LogP contribution in [-0.2, 0) is 13.2 Å². The van der Waals surface area contributed by atoms with Crippen LogP contribution in [0.1, 0.15) is 11.1 Å². The first-order valence-corrected chi connectivity index (χ1v) is 8.56. The molecule has 0 atom stereocenters. The van der Waals surface area contributed by atoms with Crippen LogP contribution < -0.4 is 14.8 Å². The number of methoxy groups -OCH3 is 1. The first kappa shape index (κ1) is 18.1. The number of para-hydroxylation sites is 1. The number of hydrogen-bond donors (Lipinski definition) is 1. The molecular weight excluding hydrogens is 353 g/mol. The molecule has 26 heavy (non-hydrogen) atoms. The minimum Gasteiger partial charge on any atom is -0.493 e. The second kappa shape index (κ2) is 8.59. The van der Waals surface area contributed by atoms with Gasteiger partial charge in [-0.25, -0.2) is 4.39 Å². The van der Waals surface area contributed by atoms with E-state index in [1.54, 1.807) is 19.2 Å². The summed E-state index contributed by atoms with van der Waals surface area (Å²) in [5.74, 6) is 0.736. The fourth-order valence-electron chi connectivity index (χ4n) is 2.52. The predicted octanol–water partition coefficient (Wildman–Crippen LogP) is 5.68. The van der Waals surface area contributed by atoms with Crippen molar-refractivity contribution in [3.63, 3.8) is 0 Å². The molecule has 0 spiro atoms. The Morgan fingerprint density at radius 2 is 1.77 bits per heavy atom. The summed E-state index contributed by atoms with van der Waals surface area (Å²) in [5.41, 5.74) is 2.41. The molecule has 0 amide bonds. The molecule has 3 aromatic rings. The minimum absolute atomic E-state index is 0.0312. The number of halogens is 2. The Bertz CT molecular complexity index is 851. The number of ether oxygens (including phenoxy) is 2. The zero-order valence-corrected chi connectivity index (χ0v) is 15.1. The van der Waals surface area contributed by atoms with E-state index in [1.807, 2.05) is 48.5 Å². The van der Waals surface area contributed by atoms with Crippen molar-refractivity contribution in [1.29, 1.82) is 0 Å². The maximum Gasteiger partial charge on any atom is 0.161 e. The number of rotatable bonds is 7. The van der Waals surface area contributed by atoms with E-state index in [-0.39, 0.29) is 12.4 Å². The van der Waals surface area contributed by atoms with Crippen molar-refractivity contribution in [2.75, 3.05) is 12.4 Å². The quantitative estimate of drug-likeness (QED) is 0.579. The number of benzene rings is 3. The number of nitrogens with one attached hydrogen (secondary N) is 1. The molecule has 134 valence electrons. The van der Waals surface area contributed by atoms with Crippen LogP contribution in [0.15, 0.2) is 66.7 Å². The molecule has 0 aromatic heterocycles. The summed E-state index contributed by atoms with van der Waals surface area (Å²) in [6.07, 6.45) is 0. The topological polar surface area (TPSA) is 30.5 Å². The van der Waals surface area contributed by atoms with E-state index < -0.39 is 0 Å². The van der Waals surface area contributed by atoms with Gasteiger partial charge in [0.2, 0.25) is 0 Å². The maximum atomic E-state index is 13.9. The highest BCUT2D eigenvalue weighted by atomic mass is 35.5. The third kappa shape index (κ3) is 4.46. The second-order valence-electron chi connectivity index (χ2n) is 5.69. The summed E-state index contributed by atoms with van der Waals surface area (Å²) in [6.45, 7) is 0.684. The lowest BCUT2D eigenvalue weighted by Crippen LogP contribution is -2.03.